The molecule has 1 atom stereocenters. The zero-order valence-electron chi connectivity index (χ0n) is 6.15. The third-order valence-electron chi connectivity index (χ3n) is 1.29. The molecule has 1 unspecified atom stereocenters. The lowest BCUT2D eigenvalue weighted by molar-refractivity contribution is 0.481. The van der Waals surface area contributed by atoms with Gasteiger partial charge in [-0.05, 0) is 19.6 Å². The first-order valence-corrected chi connectivity index (χ1v) is 4.22. The van der Waals surface area contributed by atoms with Crippen LogP contribution < -0.4 is 10.6 Å². The summed E-state index contributed by atoms with van der Waals surface area (Å²) in [4.78, 5) is 0. The first kappa shape index (κ1) is 8.14. The highest BCUT2D eigenvalue weighted by Gasteiger charge is 2.04. The Hall–Kier alpha value is 0.137. The van der Waals surface area contributed by atoms with Crippen molar-refractivity contribution in [1.82, 2.24) is 10.6 Å². The second-order valence-electron chi connectivity index (χ2n) is 2.30. The van der Waals surface area contributed by atoms with Crippen molar-refractivity contribution in [2.75, 3.05) is 14.1 Å². The zero-order valence-corrected chi connectivity index (χ0v) is 8.15. The lowest BCUT2D eigenvalue weighted by Crippen LogP contribution is -2.40. The molecular formula is C5H16N2Si. The third-order valence-corrected chi connectivity index (χ3v) is 1.96. The highest BCUT2D eigenvalue weighted by Crippen LogP contribution is 1.97. The van der Waals surface area contributed by atoms with E-state index in [0.717, 1.165) is 5.54 Å². The van der Waals surface area contributed by atoms with Gasteiger partial charge in [0.05, 0.1) is 6.17 Å². The maximum Gasteiger partial charge on any atom is 0.0559 e. The van der Waals surface area contributed by atoms with Gasteiger partial charge in [-0.1, -0.05) is 6.92 Å². The SMILES string of the molecule is CNC(NC)C(C)[SiH3]. The van der Waals surface area contributed by atoms with Crippen LogP contribution in [0.3, 0.4) is 0 Å². The molecule has 0 spiro atoms. The Bertz CT molecular complexity index is 52.4. The van der Waals surface area contributed by atoms with Gasteiger partial charge in [0, 0.05) is 10.2 Å². The van der Waals surface area contributed by atoms with Crippen LogP contribution in [0.4, 0.5) is 0 Å². The van der Waals surface area contributed by atoms with Crippen molar-refractivity contribution >= 4 is 10.2 Å². The summed E-state index contributed by atoms with van der Waals surface area (Å²) in [7, 11) is 5.21. The van der Waals surface area contributed by atoms with E-state index in [0.29, 0.717) is 6.17 Å². The van der Waals surface area contributed by atoms with Crippen molar-refractivity contribution in [3.05, 3.63) is 0 Å². The van der Waals surface area contributed by atoms with Crippen LogP contribution in [-0.4, -0.2) is 30.5 Å². The lowest BCUT2D eigenvalue weighted by atomic mass is 10.4. The molecule has 0 radical (unpaired) electrons. The van der Waals surface area contributed by atoms with Gasteiger partial charge in [0.2, 0.25) is 0 Å². The molecule has 0 aromatic carbocycles. The third kappa shape index (κ3) is 2.45. The smallest absolute Gasteiger partial charge is 0.0559 e. The van der Waals surface area contributed by atoms with Crippen molar-refractivity contribution in [1.29, 1.82) is 0 Å². The van der Waals surface area contributed by atoms with Gasteiger partial charge in [-0.3, -0.25) is 0 Å². The summed E-state index contributed by atoms with van der Waals surface area (Å²) in [5.74, 6) is 0. The van der Waals surface area contributed by atoms with E-state index >= 15 is 0 Å². The molecule has 50 valence electrons. The molecule has 0 aromatic heterocycles. The molecule has 0 aliphatic rings. The maximum atomic E-state index is 3.17. The lowest BCUT2D eigenvalue weighted by Gasteiger charge is -2.18. The summed E-state index contributed by atoms with van der Waals surface area (Å²) >= 11 is 0. The maximum absolute atomic E-state index is 3.17. The van der Waals surface area contributed by atoms with E-state index in [9.17, 15) is 0 Å². The van der Waals surface area contributed by atoms with Gasteiger partial charge in [0.15, 0.2) is 0 Å². The Balaban J connectivity index is 3.35. The van der Waals surface area contributed by atoms with Crippen molar-refractivity contribution in [3.8, 4) is 0 Å². The van der Waals surface area contributed by atoms with Crippen molar-refractivity contribution < 1.29 is 0 Å². The summed E-state index contributed by atoms with van der Waals surface area (Å²) in [6.45, 7) is 2.24. The Morgan fingerprint density at radius 1 is 1.25 bits per heavy atom. The molecule has 0 fully saturated rings. The molecule has 0 saturated heterocycles. The van der Waals surface area contributed by atoms with Gasteiger partial charge < -0.3 is 10.6 Å². The minimum Gasteiger partial charge on any atom is -0.305 e. The quantitative estimate of drug-likeness (QED) is 0.377. The van der Waals surface area contributed by atoms with Crippen LogP contribution in [0.5, 0.6) is 0 Å². The van der Waals surface area contributed by atoms with Gasteiger partial charge in [-0.2, -0.15) is 0 Å². The van der Waals surface area contributed by atoms with Crippen LogP contribution in [0.15, 0.2) is 0 Å². The van der Waals surface area contributed by atoms with E-state index < -0.39 is 0 Å². The molecule has 0 heterocycles. The summed E-state index contributed by atoms with van der Waals surface area (Å²) in [6, 6.07) is 0. The molecule has 0 amide bonds. The molecule has 0 aromatic rings. The van der Waals surface area contributed by atoms with Crippen LogP contribution in [0.25, 0.3) is 0 Å². The molecule has 0 saturated carbocycles. The molecule has 2 nitrogen and oxygen atoms in total. The van der Waals surface area contributed by atoms with Crippen LogP contribution in [-0.2, 0) is 0 Å². The monoisotopic (exact) mass is 132 g/mol. The first-order chi connectivity index (χ1) is 3.72. The zero-order chi connectivity index (χ0) is 6.57. The highest BCUT2D eigenvalue weighted by atomic mass is 28.1. The van der Waals surface area contributed by atoms with Crippen molar-refractivity contribution in [2.24, 2.45) is 0 Å². The second kappa shape index (κ2) is 4.06. The fraction of sp³-hybridized carbons (Fsp3) is 1.00. The molecule has 0 bridgehead atoms. The van der Waals surface area contributed by atoms with Crippen molar-refractivity contribution in [2.45, 2.75) is 18.6 Å². The van der Waals surface area contributed by atoms with Gasteiger partial charge in [-0.15, -0.1) is 0 Å². The van der Waals surface area contributed by atoms with Crippen LogP contribution in [0.1, 0.15) is 6.92 Å². The van der Waals surface area contributed by atoms with Crippen molar-refractivity contribution in [3.63, 3.8) is 0 Å². The predicted octanol–water partition coefficient (Wildman–Crippen LogP) is -1.07. The van der Waals surface area contributed by atoms with E-state index in [1.54, 1.807) is 0 Å². The number of hydrogen-bond acceptors (Lipinski definition) is 2. The number of hydrogen-bond donors (Lipinski definition) is 2. The average molecular weight is 132 g/mol. The topological polar surface area (TPSA) is 24.1 Å². The van der Waals surface area contributed by atoms with Crippen LogP contribution in [0, 0.1) is 0 Å². The molecule has 2 N–H and O–H groups in total. The molecule has 0 rings (SSSR count). The molecule has 0 aliphatic heterocycles. The van der Waals surface area contributed by atoms with Crippen LogP contribution >= 0.6 is 0 Å². The summed E-state index contributed by atoms with van der Waals surface area (Å²) in [5, 5.41) is 6.35. The fourth-order valence-corrected chi connectivity index (χ4v) is 1.48. The summed E-state index contributed by atoms with van der Waals surface area (Å²) in [6.07, 6.45) is 0.515. The largest absolute Gasteiger partial charge is 0.305 e. The Morgan fingerprint density at radius 3 is 1.62 bits per heavy atom. The Kier molecular flexibility index (Phi) is 4.13. The highest BCUT2D eigenvalue weighted by molar-refractivity contribution is 6.11. The van der Waals surface area contributed by atoms with E-state index in [-0.39, 0.29) is 0 Å². The molecule has 0 aliphatic carbocycles. The van der Waals surface area contributed by atoms with E-state index in [2.05, 4.69) is 17.6 Å². The van der Waals surface area contributed by atoms with Gasteiger partial charge in [-0.25, -0.2) is 0 Å². The predicted molar refractivity (Wildman–Crippen MR) is 41.3 cm³/mol. The number of rotatable bonds is 3. The van der Waals surface area contributed by atoms with Gasteiger partial charge in [0.25, 0.3) is 0 Å². The summed E-state index contributed by atoms with van der Waals surface area (Å²) in [5.41, 5.74) is 0.796. The molecule has 3 heteroatoms. The van der Waals surface area contributed by atoms with Crippen LogP contribution in [0.2, 0.25) is 5.54 Å². The molecular weight excluding hydrogens is 116 g/mol. The normalized spacial score (nSPS) is 15.0. The minimum atomic E-state index is 0.515. The van der Waals surface area contributed by atoms with E-state index in [1.165, 1.54) is 10.2 Å². The second-order valence-corrected chi connectivity index (χ2v) is 4.12. The minimum absolute atomic E-state index is 0.515. The molecule has 8 heavy (non-hydrogen) atoms. The summed E-state index contributed by atoms with van der Waals surface area (Å²) < 4.78 is 0. The Morgan fingerprint density at radius 2 is 1.62 bits per heavy atom. The van der Waals surface area contributed by atoms with E-state index in [4.69, 9.17) is 0 Å². The Labute approximate surface area is 54.5 Å². The fourth-order valence-electron chi connectivity index (χ4n) is 0.811. The average Bonchev–Trinajstić information content (AvgIpc) is 1.69. The van der Waals surface area contributed by atoms with E-state index in [1.807, 2.05) is 14.1 Å². The first-order valence-electron chi connectivity index (χ1n) is 3.07. The van der Waals surface area contributed by atoms with Gasteiger partial charge in [0.1, 0.15) is 0 Å². The standard InChI is InChI=1S/C5H16N2Si/c1-4(8)5(6-2)7-3/h4-7H,1-3,8H3. The number of nitrogens with one attached hydrogen (secondary N) is 2. The van der Waals surface area contributed by atoms with Gasteiger partial charge >= 0.3 is 0 Å².